The van der Waals surface area contributed by atoms with Crippen molar-refractivity contribution in [3.63, 3.8) is 0 Å². The van der Waals surface area contributed by atoms with Gasteiger partial charge in [0, 0.05) is 18.8 Å². The highest BCUT2D eigenvalue weighted by atomic mass is 32.2. The van der Waals surface area contributed by atoms with Gasteiger partial charge in [0.15, 0.2) is 0 Å². The molecule has 8 heteroatoms. The second-order valence-corrected chi connectivity index (χ2v) is 6.08. The molecule has 116 valence electrons. The largest absolute Gasteiger partial charge is 0.365 e. The summed E-state index contributed by atoms with van der Waals surface area (Å²) in [6, 6.07) is 0.317. The van der Waals surface area contributed by atoms with E-state index in [-0.39, 0.29) is 17.1 Å². The van der Waals surface area contributed by atoms with Crippen LogP contribution in [0.3, 0.4) is 0 Å². The van der Waals surface area contributed by atoms with Gasteiger partial charge in [0.1, 0.15) is 33.7 Å². The van der Waals surface area contributed by atoms with Gasteiger partial charge in [-0.2, -0.15) is 0 Å². The van der Waals surface area contributed by atoms with Crippen LogP contribution in [0.4, 0.5) is 5.82 Å². The molecule has 7 nitrogen and oxygen atoms in total. The van der Waals surface area contributed by atoms with Crippen molar-refractivity contribution in [2.24, 2.45) is 5.73 Å². The number of nitrogens with zero attached hydrogens (tertiary/aromatic N) is 3. The maximum absolute atomic E-state index is 11.6. The van der Waals surface area contributed by atoms with E-state index in [4.69, 9.17) is 5.73 Å². The number of carbonyl (C=O) groups excluding carboxylic acids is 1. The van der Waals surface area contributed by atoms with Gasteiger partial charge in [-0.15, -0.1) is 0 Å². The van der Waals surface area contributed by atoms with E-state index < -0.39 is 16.6 Å². The first kappa shape index (κ1) is 15.7. The van der Waals surface area contributed by atoms with E-state index in [0.29, 0.717) is 18.4 Å². The van der Waals surface area contributed by atoms with Crippen LogP contribution in [0, 0.1) is 0 Å². The lowest BCUT2D eigenvalue weighted by Gasteiger charge is -2.30. The Kier molecular flexibility index (Phi) is 5.11. The first-order valence-corrected chi connectivity index (χ1v) is 8.43. The number of thiol groups is 1. The fraction of sp³-hybridized carbons (Fsp3) is 0.615. The van der Waals surface area contributed by atoms with Crippen LogP contribution in [0.15, 0.2) is 6.20 Å². The summed E-state index contributed by atoms with van der Waals surface area (Å²) >= 11 is 0. The smallest absolute Gasteiger partial charge is 0.254 e. The van der Waals surface area contributed by atoms with Crippen molar-refractivity contribution in [2.75, 3.05) is 11.4 Å². The lowest BCUT2D eigenvalue weighted by Crippen LogP contribution is -2.36. The molecule has 1 aromatic rings. The van der Waals surface area contributed by atoms with Gasteiger partial charge in [-0.05, 0) is 19.8 Å². The summed E-state index contributed by atoms with van der Waals surface area (Å²) in [5.41, 5.74) is 5.64. The minimum absolute atomic E-state index is 0.197. The lowest BCUT2D eigenvalue weighted by atomic mass is 10.1. The Morgan fingerprint density at radius 2 is 2.10 bits per heavy atom. The highest BCUT2D eigenvalue weighted by molar-refractivity contribution is 7.71. The van der Waals surface area contributed by atoms with Crippen molar-refractivity contribution in [1.29, 1.82) is 0 Å². The molecule has 0 radical (unpaired) electrons. The molecular weight excluding hydrogens is 292 g/mol. The third-order valence-corrected chi connectivity index (χ3v) is 4.27. The monoisotopic (exact) mass is 312 g/mol. The van der Waals surface area contributed by atoms with Crippen LogP contribution < -0.4 is 10.6 Å². The molecule has 0 atom stereocenters. The Labute approximate surface area is 125 Å². The van der Waals surface area contributed by atoms with Crippen molar-refractivity contribution >= 4 is 22.4 Å². The SMILES string of the molecule is CCN(c1nc(C[SH](=O)=O)ncc1C(N)=O)C1CCCC1. The molecular formula is C13H20N4O3S. The summed E-state index contributed by atoms with van der Waals surface area (Å²) in [7, 11) is -2.61. The summed E-state index contributed by atoms with van der Waals surface area (Å²) in [5, 5.41) is 0. The van der Waals surface area contributed by atoms with Crippen LogP contribution in [-0.4, -0.2) is 36.9 Å². The Morgan fingerprint density at radius 3 is 2.62 bits per heavy atom. The Hall–Kier alpha value is -1.70. The minimum atomic E-state index is -2.61. The number of hydrogen-bond donors (Lipinski definition) is 2. The molecule has 2 rings (SSSR count). The summed E-state index contributed by atoms with van der Waals surface area (Å²) in [4.78, 5) is 21.8. The van der Waals surface area contributed by atoms with Gasteiger partial charge in [-0.1, -0.05) is 12.8 Å². The van der Waals surface area contributed by atoms with Crippen LogP contribution in [0.5, 0.6) is 0 Å². The molecule has 1 amide bonds. The molecule has 0 aromatic carbocycles. The third-order valence-electron chi connectivity index (χ3n) is 3.73. The normalized spacial score (nSPS) is 15.5. The second kappa shape index (κ2) is 6.84. The second-order valence-electron chi connectivity index (χ2n) is 5.10. The molecule has 2 N–H and O–H groups in total. The zero-order valence-corrected chi connectivity index (χ0v) is 12.9. The Balaban J connectivity index is 2.42. The fourth-order valence-corrected chi connectivity index (χ4v) is 3.17. The van der Waals surface area contributed by atoms with Crippen molar-refractivity contribution in [3.8, 4) is 0 Å². The molecule has 0 saturated heterocycles. The van der Waals surface area contributed by atoms with Crippen molar-refractivity contribution in [1.82, 2.24) is 9.97 Å². The van der Waals surface area contributed by atoms with Crippen molar-refractivity contribution in [2.45, 2.75) is 44.4 Å². The van der Waals surface area contributed by atoms with Gasteiger partial charge in [0.2, 0.25) is 0 Å². The van der Waals surface area contributed by atoms with Gasteiger partial charge in [-0.25, -0.2) is 18.4 Å². The van der Waals surface area contributed by atoms with Gasteiger partial charge in [0.25, 0.3) is 5.91 Å². The summed E-state index contributed by atoms with van der Waals surface area (Å²) in [5.74, 6) is -0.176. The first-order valence-electron chi connectivity index (χ1n) is 7.07. The zero-order valence-electron chi connectivity index (χ0n) is 12.0. The average Bonchev–Trinajstić information content (AvgIpc) is 2.92. The molecule has 1 fully saturated rings. The topological polar surface area (TPSA) is 106 Å². The van der Waals surface area contributed by atoms with E-state index in [9.17, 15) is 13.2 Å². The van der Waals surface area contributed by atoms with E-state index in [2.05, 4.69) is 9.97 Å². The lowest BCUT2D eigenvalue weighted by molar-refractivity contribution is 0.1000. The molecule has 0 spiro atoms. The number of nitrogens with two attached hydrogens (primary N) is 1. The summed E-state index contributed by atoms with van der Waals surface area (Å²) in [6.45, 7) is 2.67. The van der Waals surface area contributed by atoms with Crippen LogP contribution in [-0.2, 0) is 16.5 Å². The fourth-order valence-electron chi connectivity index (χ4n) is 2.79. The van der Waals surface area contributed by atoms with Crippen molar-refractivity contribution in [3.05, 3.63) is 17.6 Å². The number of amides is 1. The van der Waals surface area contributed by atoms with Gasteiger partial charge in [0.05, 0.1) is 0 Å². The number of hydrogen-bond acceptors (Lipinski definition) is 6. The zero-order chi connectivity index (χ0) is 15.4. The molecule has 1 aliphatic carbocycles. The molecule has 1 saturated carbocycles. The minimum Gasteiger partial charge on any atom is -0.365 e. The molecule has 0 aliphatic heterocycles. The number of aromatic nitrogens is 2. The van der Waals surface area contributed by atoms with Gasteiger partial charge >= 0.3 is 0 Å². The summed E-state index contributed by atoms with van der Waals surface area (Å²) < 4.78 is 21.7. The van der Waals surface area contributed by atoms with Gasteiger partial charge in [-0.3, -0.25) is 4.79 Å². The molecule has 1 heterocycles. The standard InChI is InChI=1S/C13H20N4O3S/c1-2-17(9-5-3-4-6-9)13-10(12(14)18)7-15-11(16-13)8-21(19)20/h7,9,21H,2-6,8H2,1H3,(H2,14,18). The van der Waals surface area contributed by atoms with E-state index in [0.717, 1.165) is 25.7 Å². The van der Waals surface area contributed by atoms with E-state index in [1.165, 1.54) is 6.20 Å². The van der Waals surface area contributed by atoms with E-state index in [1.807, 2.05) is 11.8 Å². The predicted molar refractivity (Wildman–Crippen MR) is 79.8 cm³/mol. The van der Waals surface area contributed by atoms with Crippen LogP contribution in [0.2, 0.25) is 0 Å². The number of carbonyl (C=O) groups is 1. The molecule has 0 unspecified atom stereocenters. The third kappa shape index (κ3) is 3.69. The van der Waals surface area contributed by atoms with Gasteiger partial charge < -0.3 is 10.6 Å². The van der Waals surface area contributed by atoms with E-state index in [1.54, 1.807) is 0 Å². The average molecular weight is 312 g/mol. The molecule has 1 aromatic heterocycles. The summed E-state index contributed by atoms with van der Waals surface area (Å²) in [6.07, 6.45) is 5.72. The highest BCUT2D eigenvalue weighted by Gasteiger charge is 2.26. The molecule has 21 heavy (non-hydrogen) atoms. The molecule has 1 aliphatic rings. The predicted octanol–water partition coefficient (Wildman–Crippen LogP) is 0.456. The van der Waals surface area contributed by atoms with E-state index >= 15 is 0 Å². The highest BCUT2D eigenvalue weighted by Crippen LogP contribution is 2.28. The Bertz CT molecular complexity index is 589. The first-order chi connectivity index (χ1) is 10.0. The number of anilines is 1. The number of rotatable bonds is 6. The van der Waals surface area contributed by atoms with Crippen LogP contribution >= 0.6 is 0 Å². The quantitative estimate of drug-likeness (QED) is 0.739. The maximum atomic E-state index is 11.6. The van der Waals surface area contributed by atoms with Crippen LogP contribution in [0.1, 0.15) is 48.8 Å². The van der Waals surface area contributed by atoms with Crippen molar-refractivity contribution < 1.29 is 13.2 Å². The van der Waals surface area contributed by atoms with Crippen LogP contribution in [0.25, 0.3) is 0 Å². The number of primary amides is 1. The molecule has 0 bridgehead atoms. The maximum Gasteiger partial charge on any atom is 0.254 e. The Morgan fingerprint density at radius 1 is 1.43 bits per heavy atom.